The minimum atomic E-state index is -3.56. The molecule has 0 fully saturated rings. The maximum Gasteiger partial charge on any atom is 0.264 e. The molecule has 28 heavy (non-hydrogen) atoms. The van der Waals surface area contributed by atoms with Gasteiger partial charge in [-0.15, -0.1) is 0 Å². The first-order valence-corrected chi connectivity index (χ1v) is 12.7. The molecular weight excluding hydrogens is 481 g/mol. The van der Waals surface area contributed by atoms with Crippen molar-refractivity contribution in [2.45, 2.75) is 72.1 Å². The topological polar surface area (TPSA) is 37.4 Å². The van der Waals surface area contributed by atoms with Crippen molar-refractivity contribution in [3.8, 4) is 0 Å². The van der Waals surface area contributed by atoms with Crippen LogP contribution in [0.1, 0.15) is 65.9 Å². The molecule has 1 aliphatic rings. The second-order valence-corrected chi connectivity index (χ2v) is 12.1. The van der Waals surface area contributed by atoms with Crippen molar-refractivity contribution in [1.29, 1.82) is 0 Å². The molecule has 3 nitrogen and oxygen atoms in total. The summed E-state index contributed by atoms with van der Waals surface area (Å²) in [4.78, 5) is 0.378. The van der Waals surface area contributed by atoms with Crippen LogP contribution in [0.5, 0.6) is 0 Å². The Hall–Kier alpha value is -0.820. The van der Waals surface area contributed by atoms with E-state index in [4.69, 9.17) is 0 Å². The lowest BCUT2D eigenvalue weighted by Gasteiger charge is -2.27. The lowest BCUT2D eigenvalue weighted by molar-refractivity contribution is 0.436. The van der Waals surface area contributed by atoms with Gasteiger partial charge in [-0.25, -0.2) is 8.42 Å². The Morgan fingerprint density at radius 2 is 1.86 bits per heavy atom. The molecule has 0 spiro atoms. The van der Waals surface area contributed by atoms with Gasteiger partial charge in [0.1, 0.15) is 0 Å². The average Bonchev–Trinajstić information content (AvgIpc) is 2.92. The van der Waals surface area contributed by atoms with Crippen LogP contribution in [0.15, 0.2) is 50.1 Å². The van der Waals surface area contributed by atoms with Gasteiger partial charge in [0, 0.05) is 18.7 Å². The van der Waals surface area contributed by atoms with Crippen LogP contribution >= 0.6 is 22.6 Å². The second-order valence-electron chi connectivity index (χ2n) is 8.83. The molecule has 1 unspecified atom stereocenters. The zero-order valence-electron chi connectivity index (χ0n) is 18.0. The number of allylic oxidation sites excluding steroid dienone is 2. The van der Waals surface area contributed by atoms with Gasteiger partial charge in [-0.2, -0.15) is 0 Å². The Labute approximate surface area is 185 Å². The van der Waals surface area contributed by atoms with Gasteiger partial charge in [-0.05, 0) is 68.6 Å². The lowest BCUT2D eigenvalue weighted by Crippen LogP contribution is -2.29. The van der Waals surface area contributed by atoms with Gasteiger partial charge < -0.3 is 0 Å². The number of aryl methyl sites for hydroxylation is 1. The highest BCUT2D eigenvalue weighted by atomic mass is 127. The van der Waals surface area contributed by atoms with Crippen LogP contribution in [0.25, 0.3) is 0 Å². The van der Waals surface area contributed by atoms with E-state index < -0.39 is 10.0 Å². The monoisotopic (exact) mass is 515 g/mol. The minimum Gasteiger partial charge on any atom is -0.269 e. The molecule has 0 N–H and O–H groups in total. The number of unbranched alkanes of at least 4 members (excludes halogenated alkanes) is 2. The van der Waals surface area contributed by atoms with Crippen molar-refractivity contribution in [1.82, 2.24) is 4.31 Å². The maximum absolute atomic E-state index is 13.5. The number of rotatable bonds is 7. The number of sulfonamides is 1. The molecule has 5 heteroatoms. The number of halogens is 1. The van der Waals surface area contributed by atoms with Crippen LogP contribution in [0, 0.1) is 18.3 Å². The smallest absolute Gasteiger partial charge is 0.264 e. The molecule has 0 saturated carbocycles. The van der Waals surface area contributed by atoms with Crippen LogP contribution in [0.4, 0.5) is 0 Å². The highest BCUT2D eigenvalue weighted by molar-refractivity contribution is 14.1. The third kappa shape index (κ3) is 5.41. The summed E-state index contributed by atoms with van der Waals surface area (Å²) in [6.45, 7) is 13.4. The summed E-state index contributed by atoms with van der Waals surface area (Å²) >= 11 is 2.38. The van der Waals surface area contributed by atoms with Crippen molar-refractivity contribution in [2.24, 2.45) is 11.3 Å². The molecule has 156 valence electrons. The Bertz CT molecular complexity index is 846. The van der Waals surface area contributed by atoms with E-state index in [0.29, 0.717) is 17.9 Å². The maximum atomic E-state index is 13.5. The molecular formula is C23H34INO2S. The number of nitrogens with zero attached hydrogens (tertiary/aromatic N) is 1. The normalized spacial score (nSPS) is 18.9. The first kappa shape index (κ1) is 23.5. The standard InChI is InChI=1S/C23H34INO2S/c1-7-8-9-10-19(24)15-21-22(23(4,5)6)18(3)16-25(21)28(26,27)20-13-11-17(2)12-14-20/h10-14,18H,7-9,15-16H2,1-6H3/b19-10+. The summed E-state index contributed by atoms with van der Waals surface area (Å²) in [5, 5.41) is 0. The van der Waals surface area contributed by atoms with Crippen LogP contribution < -0.4 is 0 Å². The molecule has 1 aromatic rings. The van der Waals surface area contributed by atoms with E-state index in [9.17, 15) is 8.42 Å². The van der Waals surface area contributed by atoms with E-state index in [1.54, 1.807) is 16.4 Å². The Morgan fingerprint density at radius 3 is 2.39 bits per heavy atom. The predicted molar refractivity (Wildman–Crippen MR) is 127 cm³/mol. The van der Waals surface area contributed by atoms with E-state index in [0.717, 1.165) is 17.7 Å². The zero-order chi connectivity index (χ0) is 21.1. The minimum absolute atomic E-state index is 0.0629. The zero-order valence-corrected chi connectivity index (χ0v) is 21.0. The highest BCUT2D eigenvalue weighted by Crippen LogP contribution is 2.45. The average molecular weight is 516 g/mol. The molecule has 0 aromatic heterocycles. The van der Waals surface area contributed by atoms with E-state index in [-0.39, 0.29) is 11.3 Å². The molecule has 1 heterocycles. The van der Waals surface area contributed by atoms with Gasteiger partial charge >= 0.3 is 0 Å². The summed E-state index contributed by atoms with van der Waals surface area (Å²) in [5.74, 6) is 0.218. The van der Waals surface area contributed by atoms with Crippen molar-refractivity contribution in [2.75, 3.05) is 6.54 Å². The molecule has 0 saturated heterocycles. The van der Waals surface area contributed by atoms with Crippen molar-refractivity contribution in [3.05, 3.63) is 50.8 Å². The molecule has 0 aliphatic carbocycles. The van der Waals surface area contributed by atoms with Crippen LogP contribution in [0.2, 0.25) is 0 Å². The quantitative estimate of drug-likeness (QED) is 0.295. The molecule has 1 aliphatic heterocycles. The predicted octanol–water partition coefficient (Wildman–Crippen LogP) is 6.83. The van der Waals surface area contributed by atoms with E-state index >= 15 is 0 Å². The molecule has 2 rings (SSSR count). The number of hydrogen-bond donors (Lipinski definition) is 0. The molecule has 1 aromatic carbocycles. The SMILES string of the molecule is CCCC/C=C(/I)CC1=C(C(C)(C)C)C(C)CN1S(=O)(=O)c1ccc(C)cc1. The van der Waals surface area contributed by atoms with Gasteiger partial charge in [-0.1, -0.05) is 71.2 Å². The van der Waals surface area contributed by atoms with Crippen molar-refractivity contribution >= 4 is 32.6 Å². The fourth-order valence-corrected chi connectivity index (χ4v) is 6.28. The summed E-state index contributed by atoms with van der Waals surface area (Å²) in [7, 11) is -3.56. The summed E-state index contributed by atoms with van der Waals surface area (Å²) in [5.41, 5.74) is 3.24. The summed E-state index contributed by atoms with van der Waals surface area (Å²) < 4.78 is 29.9. The van der Waals surface area contributed by atoms with Crippen LogP contribution in [-0.4, -0.2) is 19.3 Å². The van der Waals surface area contributed by atoms with Gasteiger partial charge in [0.25, 0.3) is 10.0 Å². The van der Waals surface area contributed by atoms with Crippen LogP contribution in [-0.2, 0) is 10.0 Å². The van der Waals surface area contributed by atoms with E-state index in [1.165, 1.54) is 22.0 Å². The summed E-state index contributed by atoms with van der Waals surface area (Å²) in [6.07, 6.45) is 6.33. The first-order chi connectivity index (χ1) is 13.0. The number of benzene rings is 1. The fraction of sp³-hybridized carbons (Fsp3) is 0.565. The molecule has 0 radical (unpaired) electrons. The largest absolute Gasteiger partial charge is 0.269 e. The molecule has 0 bridgehead atoms. The van der Waals surface area contributed by atoms with Gasteiger partial charge in [0.05, 0.1) is 4.90 Å². The summed E-state index contributed by atoms with van der Waals surface area (Å²) in [6, 6.07) is 7.19. The lowest BCUT2D eigenvalue weighted by atomic mass is 9.79. The number of hydrogen-bond acceptors (Lipinski definition) is 2. The Morgan fingerprint density at radius 1 is 1.25 bits per heavy atom. The van der Waals surface area contributed by atoms with Gasteiger partial charge in [0.2, 0.25) is 0 Å². The van der Waals surface area contributed by atoms with Crippen LogP contribution in [0.3, 0.4) is 0 Å². The molecule has 0 amide bonds. The third-order valence-corrected chi connectivity index (χ3v) is 7.86. The first-order valence-electron chi connectivity index (χ1n) is 10.2. The fourth-order valence-electron chi connectivity index (χ4n) is 4.00. The second kappa shape index (κ2) is 9.33. The van der Waals surface area contributed by atoms with E-state index in [2.05, 4.69) is 63.3 Å². The van der Waals surface area contributed by atoms with E-state index in [1.807, 2.05) is 19.1 Å². The van der Waals surface area contributed by atoms with Crippen molar-refractivity contribution < 1.29 is 8.42 Å². The van der Waals surface area contributed by atoms with Gasteiger partial charge in [-0.3, -0.25) is 4.31 Å². The van der Waals surface area contributed by atoms with Gasteiger partial charge in [0.15, 0.2) is 0 Å². The highest BCUT2D eigenvalue weighted by Gasteiger charge is 2.40. The Kier molecular flexibility index (Phi) is 7.82. The molecule has 1 atom stereocenters. The Balaban J connectivity index is 2.49. The third-order valence-electron chi connectivity index (χ3n) is 5.22. The van der Waals surface area contributed by atoms with Crippen molar-refractivity contribution in [3.63, 3.8) is 0 Å².